The van der Waals surface area contributed by atoms with Gasteiger partial charge in [-0.1, -0.05) is 6.07 Å². The number of alkyl halides is 2. The van der Waals surface area contributed by atoms with Crippen molar-refractivity contribution in [3.05, 3.63) is 29.5 Å². The van der Waals surface area contributed by atoms with Crippen molar-refractivity contribution in [1.82, 2.24) is 10.2 Å². The Hall–Kier alpha value is -2.11. The molecule has 0 saturated heterocycles. The van der Waals surface area contributed by atoms with Gasteiger partial charge in [0.05, 0.1) is 18.9 Å². The Balaban J connectivity index is 2.73. The molecule has 1 aromatic carbocycles. The van der Waals surface area contributed by atoms with Gasteiger partial charge in [0.1, 0.15) is 11.6 Å². The Labute approximate surface area is 103 Å². The fourth-order valence-corrected chi connectivity index (χ4v) is 1.92. The zero-order valence-corrected chi connectivity index (χ0v) is 10.00. The van der Waals surface area contributed by atoms with E-state index in [1.807, 2.05) is 0 Å². The molecule has 2 rings (SSSR count). The summed E-state index contributed by atoms with van der Waals surface area (Å²) in [7, 11) is 1.36. The average Bonchev–Trinajstić information content (AvgIpc) is 2.74. The highest BCUT2D eigenvalue weighted by atomic mass is 19.3. The largest absolute Gasteiger partial charge is 0.496 e. The number of aromatic amines is 1. The van der Waals surface area contributed by atoms with E-state index in [1.165, 1.54) is 19.4 Å². The van der Waals surface area contributed by atoms with Crippen LogP contribution < -0.4 is 10.5 Å². The molecule has 6 heteroatoms. The second-order valence-electron chi connectivity index (χ2n) is 3.88. The minimum absolute atomic E-state index is 0.137. The Kier molecular flexibility index (Phi) is 3.18. The first-order valence-electron chi connectivity index (χ1n) is 5.31. The third kappa shape index (κ3) is 1.90. The lowest BCUT2D eigenvalue weighted by Crippen LogP contribution is -1.98. The quantitative estimate of drug-likeness (QED) is 0.884. The van der Waals surface area contributed by atoms with E-state index in [0.717, 1.165) is 5.56 Å². The number of hydrogen-bond donors (Lipinski definition) is 2. The molecule has 0 fully saturated rings. The zero-order chi connectivity index (χ0) is 13.3. The van der Waals surface area contributed by atoms with Gasteiger partial charge in [-0.2, -0.15) is 5.10 Å². The van der Waals surface area contributed by atoms with Gasteiger partial charge in [0, 0.05) is 11.1 Å². The summed E-state index contributed by atoms with van der Waals surface area (Å²) in [5.74, 6) is 0.459. The van der Waals surface area contributed by atoms with Gasteiger partial charge in [0.15, 0.2) is 0 Å². The molecule has 0 radical (unpaired) electrons. The van der Waals surface area contributed by atoms with Crippen molar-refractivity contribution in [2.45, 2.75) is 13.3 Å². The molecule has 4 nitrogen and oxygen atoms in total. The van der Waals surface area contributed by atoms with Gasteiger partial charge >= 0.3 is 0 Å². The van der Waals surface area contributed by atoms with Crippen LogP contribution in [0.4, 0.5) is 14.6 Å². The molecule has 1 heterocycles. The van der Waals surface area contributed by atoms with E-state index in [4.69, 9.17) is 10.5 Å². The van der Waals surface area contributed by atoms with Crippen LogP contribution in [0.1, 0.15) is 17.6 Å². The lowest BCUT2D eigenvalue weighted by molar-refractivity contribution is 0.147. The molecular formula is C12H13F2N3O. The van der Waals surface area contributed by atoms with E-state index < -0.39 is 6.43 Å². The molecule has 96 valence electrons. The van der Waals surface area contributed by atoms with Gasteiger partial charge in [0.2, 0.25) is 0 Å². The molecule has 18 heavy (non-hydrogen) atoms. The summed E-state index contributed by atoms with van der Waals surface area (Å²) in [4.78, 5) is 0. The van der Waals surface area contributed by atoms with Crippen molar-refractivity contribution >= 4 is 5.82 Å². The van der Waals surface area contributed by atoms with Gasteiger partial charge in [-0.25, -0.2) is 8.78 Å². The first-order chi connectivity index (χ1) is 8.56. The fourth-order valence-electron chi connectivity index (χ4n) is 1.92. The highest BCUT2D eigenvalue weighted by molar-refractivity contribution is 5.81. The maximum Gasteiger partial charge on any atom is 0.267 e. The fraction of sp³-hybridized carbons (Fsp3) is 0.250. The Morgan fingerprint density at radius 2 is 2.11 bits per heavy atom. The number of halogens is 2. The number of anilines is 1. The third-order valence-electron chi connectivity index (χ3n) is 2.77. The van der Waals surface area contributed by atoms with Crippen LogP contribution in [0.25, 0.3) is 11.1 Å². The number of ether oxygens (including phenoxy) is 1. The normalized spacial score (nSPS) is 10.9. The highest BCUT2D eigenvalue weighted by Crippen LogP contribution is 2.41. The smallest absolute Gasteiger partial charge is 0.267 e. The summed E-state index contributed by atoms with van der Waals surface area (Å²) < 4.78 is 31.0. The van der Waals surface area contributed by atoms with E-state index in [0.29, 0.717) is 16.9 Å². The second kappa shape index (κ2) is 4.64. The van der Waals surface area contributed by atoms with E-state index >= 15 is 0 Å². The van der Waals surface area contributed by atoms with Gasteiger partial charge in [0.25, 0.3) is 6.43 Å². The molecule has 0 aliphatic heterocycles. The minimum atomic E-state index is -2.60. The van der Waals surface area contributed by atoms with Crippen molar-refractivity contribution in [2.75, 3.05) is 12.8 Å². The predicted molar refractivity (Wildman–Crippen MR) is 64.7 cm³/mol. The zero-order valence-electron chi connectivity index (χ0n) is 10.00. The first kappa shape index (κ1) is 12.3. The summed E-state index contributed by atoms with van der Waals surface area (Å²) in [6.07, 6.45) is -1.11. The number of rotatable bonds is 3. The maximum atomic E-state index is 12.9. The summed E-state index contributed by atoms with van der Waals surface area (Å²) in [5.41, 5.74) is 7.48. The van der Waals surface area contributed by atoms with Gasteiger partial charge < -0.3 is 10.5 Å². The summed E-state index contributed by atoms with van der Waals surface area (Å²) in [6.45, 7) is 1.81. The van der Waals surface area contributed by atoms with Crippen LogP contribution in [-0.4, -0.2) is 17.3 Å². The minimum Gasteiger partial charge on any atom is -0.496 e. The standard InChI is InChI=1S/C12H13F2N3O/c1-6-3-4-7(11(13)14)10(18-2)9(6)8-5-16-17-12(8)15/h3-5,11H,1-2H3,(H3,15,16,17). The molecule has 0 spiro atoms. The Bertz CT molecular complexity index is 566. The number of methoxy groups -OCH3 is 1. The number of nitrogens with zero attached hydrogens (tertiary/aromatic N) is 1. The van der Waals surface area contributed by atoms with Crippen LogP contribution in [0, 0.1) is 6.92 Å². The lowest BCUT2D eigenvalue weighted by Gasteiger charge is -2.15. The van der Waals surface area contributed by atoms with Gasteiger partial charge in [-0.3, -0.25) is 5.10 Å². The van der Waals surface area contributed by atoms with Crippen molar-refractivity contribution < 1.29 is 13.5 Å². The van der Waals surface area contributed by atoms with Crippen LogP contribution in [0.3, 0.4) is 0 Å². The van der Waals surface area contributed by atoms with E-state index in [1.54, 1.807) is 13.0 Å². The maximum absolute atomic E-state index is 12.9. The first-order valence-corrected chi connectivity index (χ1v) is 5.31. The molecule has 2 aromatic rings. The summed E-state index contributed by atoms with van der Waals surface area (Å²) >= 11 is 0. The molecule has 0 unspecified atom stereocenters. The molecule has 3 N–H and O–H groups in total. The van der Waals surface area contributed by atoms with Crippen LogP contribution >= 0.6 is 0 Å². The number of nitrogens with one attached hydrogen (secondary N) is 1. The van der Waals surface area contributed by atoms with Gasteiger partial charge in [-0.15, -0.1) is 0 Å². The Morgan fingerprint density at radius 3 is 2.61 bits per heavy atom. The number of aromatic nitrogens is 2. The number of nitrogens with two attached hydrogens (primary N) is 1. The predicted octanol–water partition coefficient (Wildman–Crippen LogP) is 2.91. The number of hydrogen-bond acceptors (Lipinski definition) is 3. The van der Waals surface area contributed by atoms with E-state index in [2.05, 4.69) is 10.2 Å². The molecule has 0 aliphatic carbocycles. The molecular weight excluding hydrogens is 240 g/mol. The average molecular weight is 253 g/mol. The van der Waals surface area contributed by atoms with E-state index in [9.17, 15) is 8.78 Å². The molecule has 0 saturated carbocycles. The number of aryl methyl sites for hydroxylation is 1. The summed E-state index contributed by atoms with van der Waals surface area (Å²) in [6, 6.07) is 2.98. The van der Waals surface area contributed by atoms with Crippen molar-refractivity contribution in [1.29, 1.82) is 0 Å². The van der Waals surface area contributed by atoms with Crippen molar-refractivity contribution in [3.8, 4) is 16.9 Å². The molecule has 1 aromatic heterocycles. The molecule has 0 atom stereocenters. The molecule has 0 aliphatic rings. The van der Waals surface area contributed by atoms with Crippen molar-refractivity contribution in [3.63, 3.8) is 0 Å². The molecule has 0 amide bonds. The monoisotopic (exact) mass is 253 g/mol. The molecule has 0 bridgehead atoms. The SMILES string of the molecule is COc1c(C(F)F)ccc(C)c1-c1cn[nH]c1N. The van der Waals surface area contributed by atoms with Crippen LogP contribution in [0.2, 0.25) is 0 Å². The van der Waals surface area contributed by atoms with Gasteiger partial charge in [-0.05, 0) is 18.6 Å². The number of nitrogen functional groups attached to an aromatic ring is 1. The van der Waals surface area contributed by atoms with Crippen LogP contribution in [0.15, 0.2) is 18.3 Å². The van der Waals surface area contributed by atoms with Crippen LogP contribution in [0.5, 0.6) is 5.75 Å². The Morgan fingerprint density at radius 1 is 1.39 bits per heavy atom. The lowest BCUT2D eigenvalue weighted by atomic mass is 9.98. The topological polar surface area (TPSA) is 63.9 Å². The van der Waals surface area contributed by atoms with Crippen LogP contribution in [-0.2, 0) is 0 Å². The van der Waals surface area contributed by atoms with E-state index in [-0.39, 0.29) is 11.3 Å². The van der Waals surface area contributed by atoms with Crippen molar-refractivity contribution in [2.24, 2.45) is 0 Å². The highest BCUT2D eigenvalue weighted by Gasteiger charge is 2.21. The summed E-state index contributed by atoms with van der Waals surface area (Å²) in [5, 5.41) is 6.38. The third-order valence-corrected chi connectivity index (χ3v) is 2.77. The number of benzene rings is 1. The number of H-pyrrole nitrogens is 1. The second-order valence-corrected chi connectivity index (χ2v) is 3.88.